The van der Waals surface area contributed by atoms with E-state index in [1.54, 1.807) is 24.3 Å². The third-order valence-corrected chi connectivity index (χ3v) is 3.89. The minimum atomic E-state index is -1.08. The van der Waals surface area contributed by atoms with Crippen molar-refractivity contribution in [3.05, 3.63) is 57.6 Å². The average molecular weight is 435 g/mol. The van der Waals surface area contributed by atoms with E-state index in [9.17, 15) is 9.59 Å². The maximum atomic E-state index is 11.9. The van der Waals surface area contributed by atoms with Gasteiger partial charge in [0.05, 0.1) is 6.21 Å². The van der Waals surface area contributed by atoms with Crippen molar-refractivity contribution < 1.29 is 24.2 Å². The van der Waals surface area contributed by atoms with Gasteiger partial charge in [-0.05, 0) is 49.2 Å². The SMILES string of the molecule is Cc1cc(Br)cc(C)c1OCC(=O)N/N=C/c1ccccc1OCC(=O)O. The molecule has 0 fully saturated rings. The van der Waals surface area contributed by atoms with Gasteiger partial charge in [0.25, 0.3) is 5.91 Å². The van der Waals surface area contributed by atoms with Crippen LogP contribution in [0.15, 0.2) is 46.0 Å². The van der Waals surface area contributed by atoms with Crippen molar-refractivity contribution >= 4 is 34.0 Å². The number of carboxylic acid groups (broad SMARTS) is 1. The Morgan fingerprint density at radius 2 is 1.81 bits per heavy atom. The summed E-state index contributed by atoms with van der Waals surface area (Å²) in [7, 11) is 0. The summed E-state index contributed by atoms with van der Waals surface area (Å²) in [6.07, 6.45) is 1.38. The first-order chi connectivity index (χ1) is 12.9. The van der Waals surface area contributed by atoms with Crippen LogP contribution in [0.3, 0.4) is 0 Å². The smallest absolute Gasteiger partial charge is 0.341 e. The predicted octanol–water partition coefficient (Wildman–Crippen LogP) is 3.06. The van der Waals surface area contributed by atoms with Crippen LogP contribution in [-0.2, 0) is 9.59 Å². The van der Waals surface area contributed by atoms with Crippen LogP contribution in [0, 0.1) is 13.8 Å². The zero-order valence-corrected chi connectivity index (χ0v) is 16.4. The molecule has 0 aliphatic rings. The standard InChI is InChI=1S/C19H19BrN2O5/c1-12-7-15(20)8-13(2)19(12)27-10-17(23)22-21-9-14-5-3-4-6-16(14)26-11-18(24)25/h3-9H,10-11H2,1-2H3,(H,22,23)(H,24,25)/b21-9+. The van der Waals surface area contributed by atoms with Gasteiger partial charge < -0.3 is 14.6 Å². The zero-order valence-electron chi connectivity index (χ0n) is 14.9. The van der Waals surface area contributed by atoms with Crippen LogP contribution >= 0.6 is 15.9 Å². The molecule has 0 aliphatic carbocycles. The number of aryl methyl sites for hydroxylation is 2. The van der Waals surface area contributed by atoms with E-state index in [1.807, 2.05) is 26.0 Å². The van der Waals surface area contributed by atoms with E-state index < -0.39 is 18.5 Å². The van der Waals surface area contributed by atoms with Gasteiger partial charge in [-0.15, -0.1) is 0 Å². The summed E-state index contributed by atoms with van der Waals surface area (Å²) in [6, 6.07) is 10.6. The first-order valence-electron chi connectivity index (χ1n) is 8.02. The number of hydrogen-bond acceptors (Lipinski definition) is 5. The van der Waals surface area contributed by atoms with Crippen molar-refractivity contribution in [2.24, 2.45) is 5.10 Å². The molecule has 27 heavy (non-hydrogen) atoms. The fourth-order valence-corrected chi connectivity index (χ4v) is 3.01. The number of hydrazone groups is 1. The number of aliphatic carboxylic acids is 1. The van der Waals surface area contributed by atoms with Crippen LogP contribution in [0.4, 0.5) is 0 Å². The van der Waals surface area contributed by atoms with Crippen molar-refractivity contribution in [3.63, 3.8) is 0 Å². The van der Waals surface area contributed by atoms with Crippen LogP contribution in [-0.4, -0.2) is 36.4 Å². The van der Waals surface area contributed by atoms with Crippen LogP contribution < -0.4 is 14.9 Å². The summed E-state index contributed by atoms with van der Waals surface area (Å²) < 4.78 is 11.7. The quantitative estimate of drug-likeness (QED) is 0.491. The Bertz CT molecular complexity index is 844. The van der Waals surface area contributed by atoms with E-state index in [2.05, 4.69) is 26.5 Å². The van der Waals surface area contributed by atoms with Gasteiger partial charge in [-0.2, -0.15) is 5.10 Å². The van der Waals surface area contributed by atoms with Gasteiger partial charge in [-0.3, -0.25) is 4.79 Å². The fourth-order valence-electron chi connectivity index (χ4n) is 2.33. The molecule has 2 N–H and O–H groups in total. The molecule has 0 radical (unpaired) electrons. The predicted molar refractivity (Wildman–Crippen MR) is 104 cm³/mol. The van der Waals surface area contributed by atoms with E-state index >= 15 is 0 Å². The van der Waals surface area contributed by atoms with Crippen molar-refractivity contribution in [3.8, 4) is 11.5 Å². The second-order valence-electron chi connectivity index (χ2n) is 5.67. The minimum Gasteiger partial charge on any atom is -0.483 e. The molecule has 0 bridgehead atoms. The Morgan fingerprint density at radius 1 is 1.15 bits per heavy atom. The van der Waals surface area contributed by atoms with E-state index in [4.69, 9.17) is 14.6 Å². The largest absolute Gasteiger partial charge is 0.483 e. The molecule has 2 aromatic rings. The summed E-state index contributed by atoms with van der Waals surface area (Å²) in [4.78, 5) is 22.5. The summed E-state index contributed by atoms with van der Waals surface area (Å²) in [5.74, 6) is -0.484. The number of nitrogens with one attached hydrogen (secondary N) is 1. The third-order valence-electron chi connectivity index (χ3n) is 3.44. The molecular weight excluding hydrogens is 416 g/mol. The lowest BCUT2D eigenvalue weighted by atomic mass is 10.1. The molecule has 0 spiro atoms. The molecule has 7 nitrogen and oxygen atoms in total. The highest BCUT2D eigenvalue weighted by molar-refractivity contribution is 9.10. The summed E-state index contributed by atoms with van der Waals surface area (Å²) >= 11 is 3.41. The highest BCUT2D eigenvalue weighted by Crippen LogP contribution is 2.27. The number of carbonyl (C=O) groups excluding carboxylic acids is 1. The number of amides is 1. The Hall–Kier alpha value is -2.87. The third kappa shape index (κ3) is 6.41. The minimum absolute atomic E-state index is 0.183. The first kappa shape index (κ1) is 20.4. The maximum absolute atomic E-state index is 11.9. The number of carboxylic acids is 1. The molecule has 8 heteroatoms. The molecule has 1 amide bonds. The molecule has 2 rings (SSSR count). The van der Waals surface area contributed by atoms with E-state index in [0.29, 0.717) is 17.1 Å². The molecular formula is C19H19BrN2O5. The topological polar surface area (TPSA) is 97.2 Å². The van der Waals surface area contributed by atoms with Crippen molar-refractivity contribution in [2.45, 2.75) is 13.8 Å². The first-order valence-corrected chi connectivity index (χ1v) is 8.81. The van der Waals surface area contributed by atoms with Gasteiger partial charge in [0.1, 0.15) is 11.5 Å². The summed E-state index contributed by atoms with van der Waals surface area (Å²) in [6.45, 7) is 3.16. The van der Waals surface area contributed by atoms with Gasteiger partial charge in [0.2, 0.25) is 0 Å². The monoisotopic (exact) mass is 434 g/mol. The molecule has 0 saturated carbocycles. The molecule has 2 aromatic carbocycles. The Balaban J connectivity index is 1.92. The molecule has 0 saturated heterocycles. The van der Waals surface area contributed by atoms with Gasteiger partial charge in [0.15, 0.2) is 13.2 Å². The Kier molecular flexibility index (Phi) is 7.36. The molecule has 0 aromatic heterocycles. The zero-order chi connectivity index (χ0) is 19.8. The van der Waals surface area contributed by atoms with Crippen LogP contribution in [0.25, 0.3) is 0 Å². The second kappa shape index (κ2) is 9.72. The highest BCUT2D eigenvalue weighted by Gasteiger charge is 2.08. The van der Waals surface area contributed by atoms with E-state index in [1.165, 1.54) is 6.21 Å². The lowest BCUT2D eigenvalue weighted by Crippen LogP contribution is -2.25. The molecule has 142 valence electrons. The Morgan fingerprint density at radius 3 is 2.48 bits per heavy atom. The highest BCUT2D eigenvalue weighted by atomic mass is 79.9. The number of halogens is 1. The number of nitrogens with zero attached hydrogens (tertiary/aromatic N) is 1. The Labute approximate surface area is 165 Å². The second-order valence-corrected chi connectivity index (χ2v) is 6.59. The van der Waals surface area contributed by atoms with E-state index in [0.717, 1.165) is 15.6 Å². The van der Waals surface area contributed by atoms with Gasteiger partial charge in [0, 0.05) is 10.0 Å². The van der Waals surface area contributed by atoms with Crippen LogP contribution in [0.2, 0.25) is 0 Å². The molecule has 0 atom stereocenters. The molecule has 0 unspecified atom stereocenters. The normalized spacial score (nSPS) is 10.6. The lowest BCUT2D eigenvalue weighted by Gasteiger charge is -2.11. The maximum Gasteiger partial charge on any atom is 0.341 e. The van der Waals surface area contributed by atoms with Gasteiger partial charge in [-0.25, -0.2) is 10.2 Å². The number of rotatable bonds is 8. The average Bonchev–Trinajstić information content (AvgIpc) is 2.60. The van der Waals surface area contributed by atoms with Crippen LogP contribution in [0.1, 0.15) is 16.7 Å². The van der Waals surface area contributed by atoms with Crippen LogP contribution in [0.5, 0.6) is 11.5 Å². The number of benzene rings is 2. The number of carbonyl (C=O) groups is 2. The molecule has 0 heterocycles. The van der Waals surface area contributed by atoms with Crippen molar-refractivity contribution in [1.29, 1.82) is 0 Å². The molecule has 0 aliphatic heterocycles. The number of hydrogen-bond donors (Lipinski definition) is 2. The number of ether oxygens (including phenoxy) is 2. The van der Waals surface area contributed by atoms with E-state index in [-0.39, 0.29) is 6.61 Å². The van der Waals surface area contributed by atoms with Crippen molar-refractivity contribution in [1.82, 2.24) is 5.43 Å². The van der Waals surface area contributed by atoms with Gasteiger partial charge >= 0.3 is 5.97 Å². The number of para-hydroxylation sites is 1. The fraction of sp³-hybridized carbons (Fsp3) is 0.211. The van der Waals surface area contributed by atoms with Crippen molar-refractivity contribution in [2.75, 3.05) is 13.2 Å². The lowest BCUT2D eigenvalue weighted by molar-refractivity contribution is -0.139. The van der Waals surface area contributed by atoms with Gasteiger partial charge in [-0.1, -0.05) is 28.1 Å². The summed E-state index contributed by atoms with van der Waals surface area (Å²) in [5.41, 5.74) is 4.75. The summed E-state index contributed by atoms with van der Waals surface area (Å²) in [5, 5.41) is 12.6.